The van der Waals surface area contributed by atoms with Crippen LogP contribution in [-0.4, -0.2) is 26.6 Å². The summed E-state index contributed by atoms with van der Waals surface area (Å²) in [6, 6.07) is 4.09. The maximum atomic E-state index is 9.58. The molecule has 0 saturated heterocycles. The van der Waals surface area contributed by atoms with E-state index in [9.17, 15) is 5.11 Å². The maximum Gasteiger partial charge on any atom is 0.136 e. The van der Waals surface area contributed by atoms with Crippen molar-refractivity contribution >= 4 is 5.65 Å². The standard InChI is InChI=1S/C15H23N3O/c1-4-15(5-2,11-19)17-9-13-8-16-14-7-6-12(3)10-18(13)14/h6-8,10,17,19H,4-5,9,11H2,1-3H3. The number of nitrogens with one attached hydrogen (secondary N) is 1. The Morgan fingerprint density at radius 1 is 1.32 bits per heavy atom. The molecule has 0 amide bonds. The minimum Gasteiger partial charge on any atom is -0.394 e. The minimum atomic E-state index is -0.187. The largest absolute Gasteiger partial charge is 0.394 e. The third-order valence-electron chi connectivity index (χ3n) is 4.03. The van der Waals surface area contributed by atoms with Crippen LogP contribution in [0.25, 0.3) is 5.65 Å². The number of hydrogen-bond acceptors (Lipinski definition) is 3. The number of imidazole rings is 1. The SMILES string of the molecule is CCC(CC)(CO)NCc1cnc2ccc(C)cn12. The topological polar surface area (TPSA) is 49.6 Å². The fraction of sp³-hybridized carbons (Fsp3) is 0.533. The van der Waals surface area contributed by atoms with E-state index in [4.69, 9.17) is 0 Å². The fourth-order valence-corrected chi connectivity index (χ4v) is 2.33. The molecule has 0 saturated carbocycles. The first kappa shape index (κ1) is 14.0. The average Bonchev–Trinajstić information content (AvgIpc) is 2.83. The zero-order chi connectivity index (χ0) is 13.9. The third-order valence-corrected chi connectivity index (χ3v) is 4.03. The van der Waals surface area contributed by atoms with E-state index in [1.165, 1.54) is 5.56 Å². The highest BCUT2D eigenvalue weighted by atomic mass is 16.3. The Balaban J connectivity index is 2.20. The summed E-state index contributed by atoms with van der Waals surface area (Å²) < 4.78 is 2.11. The van der Waals surface area contributed by atoms with Gasteiger partial charge in [-0.15, -0.1) is 0 Å². The van der Waals surface area contributed by atoms with Gasteiger partial charge in [0.25, 0.3) is 0 Å². The Labute approximate surface area is 114 Å². The highest BCUT2D eigenvalue weighted by molar-refractivity contribution is 5.41. The van der Waals surface area contributed by atoms with Crippen LogP contribution in [0.3, 0.4) is 0 Å². The van der Waals surface area contributed by atoms with Crippen molar-refractivity contribution in [3.8, 4) is 0 Å². The van der Waals surface area contributed by atoms with Crippen LogP contribution in [0, 0.1) is 6.92 Å². The Morgan fingerprint density at radius 2 is 2.05 bits per heavy atom. The molecule has 0 atom stereocenters. The second-order valence-corrected chi connectivity index (χ2v) is 5.18. The van der Waals surface area contributed by atoms with Crippen molar-refractivity contribution in [1.82, 2.24) is 14.7 Å². The van der Waals surface area contributed by atoms with Gasteiger partial charge in [-0.2, -0.15) is 0 Å². The molecule has 2 N–H and O–H groups in total. The summed E-state index contributed by atoms with van der Waals surface area (Å²) >= 11 is 0. The van der Waals surface area contributed by atoms with Gasteiger partial charge in [0.1, 0.15) is 5.65 Å². The second-order valence-electron chi connectivity index (χ2n) is 5.18. The van der Waals surface area contributed by atoms with Crippen molar-refractivity contribution < 1.29 is 5.11 Å². The summed E-state index contributed by atoms with van der Waals surface area (Å²) in [5.41, 5.74) is 3.11. The van der Waals surface area contributed by atoms with Crippen LogP contribution in [0.2, 0.25) is 0 Å². The molecule has 2 aromatic heterocycles. The molecule has 2 heterocycles. The summed E-state index contributed by atoms with van der Waals surface area (Å²) in [7, 11) is 0. The lowest BCUT2D eigenvalue weighted by atomic mass is 9.94. The van der Waals surface area contributed by atoms with Gasteiger partial charge in [-0.3, -0.25) is 0 Å². The number of aryl methyl sites for hydroxylation is 1. The third kappa shape index (κ3) is 2.80. The van der Waals surface area contributed by atoms with Crippen LogP contribution >= 0.6 is 0 Å². The molecule has 104 valence electrons. The molecule has 2 rings (SSSR count). The van der Waals surface area contributed by atoms with Crippen molar-refractivity contribution in [2.75, 3.05) is 6.61 Å². The van der Waals surface area contributed by atoms with E-state index >= 15 is 0 Å². The van der Waals surface area contributed by atoms with Crippen molar-refractivity contribution in [1.29, 1.82) is 0 Å². The van der Waals surface area contributed by atoms with Gasteiger partial charge in [-0.25, -0.2) is 4.98 Å². The number of pyridine rings is 1. The van der Waals surface area contributed by atoms with Gasteiger partial charge < -0.3 is 14.8 Å². The van der Waals surface area contributed by atoms with Gasteiger partial charge in [0.2, 0.25) is 0 Å². The zero-order valence-electron chi connectivity index (χ0n) is 12.0. The lowest BCUT2D eigenvalue weighted by Crippen LogP contribution is -2.47. The van der Waals surface area contributed by atoms with Gasteiger partial charge in [0, 0.05) is 18.3 Å². The normalized spacial score (nSPS) is 12.2. The number of fused-ring (bicyclic) bond motifs is 1. The van der Waals surface area contributed by atoms with E-state index in [1.54, 1.807) is 0 Å². The molecule has 4 heteroatoms. The van der Waals surface area contributed by atoms with E-state index in [0.29, 0.717) is 6.54 Å². The van der Waals surface area contributed by atoms with Gasteiger partial charge >= 0.3 is 0 Å². The predicted octanol–water partition coefficient (Wildman–Crippen LogP) is 2.28. The van der Waals surface area contributed by atoms with E-state index in [-0.39, 0.29) is 12.1 Å². The van der Waals surface area contributed by atoms with Crippen molar-refractivity contribution in [2.45, 2.75) is 45.7 Å². The van der Waals surface area contributed by atoms with E-state index in [2.05, 4.69) is 47.7 Å². The quantitative estimate of drug-likeness (QED) is 0.838. The summed E-state index contributed by atoms with van der Waals surface area (Å²) in [6.45, 7) is 7.16. The van der Waals surface area contributed by atoms with Crippen LogP contribution in [-0.2, 0) is 6.54 Å². The first-order valence-electron chi connectivity index (χ1n) is 6.92. The van der Waals surface area contributed by atoms with Gasteiger partial charge in [-0.1, -0.05) is 19.9 Å². The smallest absolute Gasteiger partial charge is 0.136 e. The number of nitrogens with zero attached hydrogens (tertiary/aromatic N) is 2. The molecule has 0 fully saturated rings. The summed E-state index contributed by atoms with van der Waals surface area (Å²) in [5, 5.41) is 13.1. The molecule has 0 aliphatic carbocycles. The van der Waals surface area contributed by atoms with E-state index in [1.807, 2.05) is 12.3 Å². The summed E-state index contributed by atoms with van der Waals surface area (Å²) in [4.78, 5) is 4.40. The zero-order valence-corrected chi connectivity index (χ0v) is 12.0. The number of aliphatic hydroxyl groups is 1. The molecule has 19 heavy (non-hydrogen) atoms. The number of hydrogen-bond donors (Lipinski definition) is 2. The van der Waals surface area contributed by atoms with Gasteiger partial charge in [0.15, 0.2) is 0 Å². The molecule has 0 aliphatic heterocycles. The Bertz CT molecular complexity index is 535. The minimum absolute atomic E-state index is 0.162. The fourth-order valence-electron chi connectivity index (χ4n) is 2.33. The number of rotatable bonds is 6. The molecule has 0 radical (unpaired) electrons. The maximum absolute atomic E-state index is 9.58. The Morgan fingerprint density at radius 3 is 2.68 bits per heavy atom. The molecule has 0 bridgehead atoms. The Kier molecular flexibility index (Phi) is 4.22. The molecular weight excluding hydrogens is 238 g/mol. The second kappa shape index (κ2) is 5.72. The first-order chi connectivity index (χ1) is 9.14. The molecule has 0 unspecified atom stereocenters. The molecule has 0 spiro atoms. The highest BCUT2D eigenvalue weighted by Crippen LogP contribution is 2.16. The lowest BCUT2D eigenvalue weighted by Gasteiger charge is -2.30. The highest BCUT2D eigenvalue weighted by Gasteiger charge is 2.24. The van der Waals surface area contributed by atoms with Crippen LogP contribution in [0.4, 0.5) is 0 Å². The molecular formula is C15H23N3O. The molecule has 0 aromatic carbocycles. The Hall–Kier alpha value is -1.39. The molecule has 2 aromatic rings. The van der Waals surface area contributed by atoms with Gasteiger partial charge in [-0.05, 0) is 31.4 Å². The van der Waals surface area contributed by atoms with Crippen LogP contribution in [0.5, 0.6) is 0 Å². The first-order valence-corrected chi connectivity index (χ1v) is 6.92. The van der Waals surface area contributed by atoms with Crippen molar-refractivity contribution in [3.63, 3.8) is 0 Å². The van der Waals surface area contributed by atoms with Gasteiger partial charge in [0.05, 0.1) is 18.5 Å². The summed E-state index contributed by atoms with van der Waals surface area (Å²) in [6.07, 6.45) is 5.82. The van der Waals surface area contributed by atoms with E-state index < -0.39 is 0 Å². The molecule has 0 aliphatic rings. The number of aromatic nitrogens is 2. The van der Waals surface area contributed by atoms with Crippen LogP contribution in [0.15, 0.2) is 24.5 Å². The van der Waals surface area contributed by atoms with Crippen molar-refractivity contribution in [2.24, 2.45) is 0 Å². The van der Waals surface area contributed by atoms with Crippen molar-refractivity contribution in [3.05, 3.63) is 35.8 Å². The van der Waals surface area contributed by atoms with Crippen LogP contribution < -0.4 is 5.32 Å². The monoisotopic (exact) mass is 261 g/mol. The summed E-state index contributed by atoms with van der Waals surface area (Å²) in [5.74, 6) is 0. The lowest BCUT2D eigenvalue weighted by molar-refractivity contribution is 0.149. The number of aliphatic hydroxyl groups excluding tert-OH is 1. The average molecular weight is 261 g/mol. The predicted molar refractivity (Wildman–Crippen MR) is 77.2 cm³/mol. The van der Waals surface area contributed by atoms with Crippen LogP contribution in [0.1, 0.15) is 37.9 Å². The molecule has 4 nitrogen and oxygen atoms in total. The van der Waals surface area contributed by atoms with E-state index in [0.717, 1.165) is 24.2 Å².